The van der Waals surface area contributed by atoms with Crippen LogP contribution in [0.15, 0.2) is 39.9 Å². The Bertz CT molecular complexity index is 747. The van der Waals surface area contributed by atoms with E-state index < -0.39 is 0 Å². The molecule has 1 aliphatic carbocycles. The Labute approximate surface area is 130 Å². The number of aryl methyl sites for hydroxylation is 2. The first kappa shape index (κ1) is 13.4. The Morgan fingerprint density at radius 1 is 1.27 bits per heavy atom. The fourth-order valence-corrected chi connectivity index (χ4v) is 3.72. The van der Waals surface area contributed by atoms with Gasteiger partial charge >= 0.3 is 0 Å². The molecule has 22 heavy (non-hydrogen) atoms. The largest absolute Gasteiger partial charge is 0.497 e. The Kier molecular flexibility index (Phi) is 2.99. The maximum Gasteiger partial charge on any atom is 0.128 e. The maximum absolute atomic E-state index is 5.88. The van der Waals surface area contributed by atoms with Crippen LogP contribution in [0.4, 0.5) is 0 Å². The van der Waals surface area contributed by atoms with E-state index in [0.29, 0.717) is 5.92 Å². The lowest BCUT2D eigenvalue weighted by atomic mass is 9.78. The van der Waals surface area contributed by atoms with Crippen LogP contribution in [0.5, 0.6) is 5.75 Å². The van der Waals surface area contributed by atoms with Gasteiger partial charge in [-0.25, -0.2) is 0 Å². The highest BCUT2D eigenvalue weighted by atomic mass is 16.5. The summed E-state index contributed by atoms with van der Waals surface area (Å²) in [4.78, 5) is 0. The molecule has 0 saturated carbocycles. The van der Waals surface area contributed by atoms with Crippen LogP contribution in [0.25, 0.3) is 0 Å². The first-order valence-corrected chi connectivity index (χ1v) is 7.72. The van der Waals surface area contributed by atoms with Crippen LogP contribution >= 0.6 is 0 Å². The fraction of sp³-hybridized carbons (Fsp3) is 0.389. The molecular formula is C18H20N2O2. The van der Waals surface area contributed by atoms with Crippen molar-refractivity contribution in [2.45, 2.75) is 25.8 Å². The van der Waals surface area contributed by atoms with Gasteiger partial charge in [0.25, 0.3) is 0 Å². The Hall–Kier alpha value is -2.23. The van der Waals surface area contributed by atoms with E-state index in [-0.39, 0.29) is 6.04 Å². The van der Waals surface area contributed by atoms with Crippen molar-refractivity contribution in [2.75, 3.05) is 14.2 Å². The van der Waals surface area contributed by atoms with Gasteiger partial charge < -0.3 is 9.15 Å². The maximum atomic E-state index is 5.88. The zero-order valence-electron chi connectivity index (χ0n) is 13.2. The fourth-order valence-electron chi connectivity index (χ4n) is 3.72. The number of methoxy groups -OCH3 is 1. The minimum Gasteiger partial charge on any atom is -0.497 e. The molecule has 0 bridgehead atoms. The zero-order valence-corrected chi connectivity index (χ0v) is 13.2. The van der Waals surface area contributed by atoms with Crippen molar-refractivity contribution in [3.05, 3.63) is 53.0 Å². The summed E-state index contributed by atoms with van der Waals surface area (Å²) in [7, 11) is 3.75. The number of ether oxygens (including phenoxy) is 1. The standard InChI is InChI=1S/C18H20N2O2/c1-11-4-9-16(22-11)18-15-7-5-12-10-13(21-3)6-8-14(12)17(15)19-20(18)2/h4,6,8-10,15,18H,5,7H2,1-3H3. The number of rotatable bonds is 2. The Morgan fingerprint density at radius 2 is 2.14 bits per heavy atom. The van der Waals surface area contributed by atoms with Crippen LogP contribution in [-0.4, -0.2) is 24.9 Å². The van der Waals surface area contributed by atoms with Gasteiger partial charge in [-0.15, -0.1) is 0 Å². The molecule has 0 spiro atoms. The molecule has 0 fully saturated rings. The van der Waals surface area contributed by atoms with Crippen LogP contribution < -0.4 is 4.74 Å². The van der Waals surface area contributed by atoms with E-state index in [1.54, 1.807) is 7.11 Å². The second-order valence-electron chi connectivity index (χ2n) is 6.12. The van der Waals surface area contributed by atoms with Gasteiger partial charge in [-0.1, -0.05) is 0 Å². The third-order valence-electron chi connectivity index (χ3n) is 4.77. The van der Waals surface area contributed by atoms with Crippen molar-refractivity contribution >= 4 is 5.71 Å². The molecular weight excluding hydrogens is 276 g/mol. The van der Waals surface area contributed by atoms with Gasteiger partial charge in [0.1, 0.15) is 23.3 Å². The molecule has 2 aliphatic rings. The molecule has 0 N–H and O–H groups in total. The minimum atomic E-state index is 0.207. The van der Waals surface area contributed by atoms with E-state index >= 15 is 0 Å². The Balaban J connectivity index is 1.73. The molecule has 1 aromatic carbocycles. The molecule has 4 rings (SSSR count). The van der Waals surface area contributed by atoms with Crippen LogP contribution in [0.3, 0.4) is 0 Å². The SMILES string of the molecule is COc1ccc2c(c1)CCC1C2=NN(C)C1c1ccc(C)o1. The summed E-state index contributed by atoms with van der Waals surface area (Å²) in [5.74, 6) is 3.29. The molecule has 2 heterocycles. The number of hydrazone groups is 1. The van der Waals surface area contributed by atoms with E-state index in [1.165, 1.54) is 16.8 Å². The van der Waals surface area contributed by atoms with Crippen molar-refractivity contribution in [1.82, 2.24) is 5.01 Å². The molecule has 0 saturated heterocycles. The van der Waals surface area contributed by atoms with E-state index in [0.717, 1.165) is 30.1 Å². The van der Waals surface area contributed by atoms with Gasteiger partial charge in [-0.2, -0.15) is 5.10 Å². The summed E-state index contributed by atoms with van der Waals surface area (Å²) in [5.41, 5.74) is 3.78. The predicted octanol–water partition coefficient (Wildman–Crippen LogP) is 3.55. The van der Waals surface area contributed by atoms with Gasteiger partial charge in [0.2, 0.25) is 0 Å². The lowest BCUT2D eigenvalue weighted by molar-refractivity contribution is 0.209. The summed E-state index contributed by atoms with van der Waals surface area (Å²) in [6.07, 6.45) is 2.15. The first-order valence-electron chi connectivity index (χ1n) is 7.72. The van der Waals surface area contributed by atoms with Crippen molar-refractivity contribution in [3.8, 4) is 5.75 Å². The van der Waals surface area contributed by atoms with Crippen LogP contribution in [0.2, 0.25) is 0 Å². The van der Waals surface area contributed by atoms with Gasteiger partial charge in [0, 0.05) is 18.5 Å². The minimum absolute atomic E-state index is 0.207. The monoisotopic (exact) mass is 296 g/mol. The number of furan rings is 1. The van der Waals surface area contributed by atoms with E-state index in [1.807, 2.05) is 26.1 Å². The van der Waals surface area contributed by atoms with Crippen molar-refractivity contribution in [1.29, 1.82) is 0 Å². The van der Waals surface area contributed by atoms with Crippen molar-refractivity contribution in [3.63, 3.8) is 0 Å². The van der Waals surface area contributed by atoms with E-state index in [2.05, 4.69) is 23.2 Å². The van der Waals surface area contributed by atoms with E-state index in [9.17, 15) is 0 Å². The lowest BCUT2D eigenvalue weighted by Gasteiger charge is -2.27. The molecule has 0 amide bonds. The molecule has 4 nitrogen and oxygen atoms in total. The number of benzene rings is 1. The number of fused-ring (bicyclic) bond motifs is 3. The molecule has 2 unspecified atom stereocenters. The average molecular weight is 296 g/mol. The highest BCUT2D eigenvalue weighted by Gasteiger charge is 2.41. The molecule has 4 heteroatoms. The molecule has 2 atom stereocenters. The molecule has 1 aliphatic heterocycles. The van der Waals surface area contributed by atoms with Gasteiger partial charge in [-0.05, 0) is 55.7 Å². The summed E-state index contributed by atoms with van der Waals surface area (Å²) < 4.78 is 11.2. The van der Waals surface area contributed by atoms with Crippen molar-refractivity contribution < 1.29 is 9.15 Å². The molecule has 1 aromatic heterocycles. The zero-order chi connectivity index (χ0) is 15.3. The van der Waals surface area contributed by atoms with E-state index in [4.69, 9.17) is 14.3 Å². The lowest BCUT2D eigenvalue weighted by Crippen LogP contribution is -2.27. The summed E-state index contributed by atoms with van der Waals surface area (Å²) in [5, 5.41) is 6.88. The third-order valence-corrected chi connectivity index (χ3v) is 4.77. The highest BCUT2D eigenvalue weighted by molar-refractivity contribution is 6.05. The quantitative estimate of drug-likeness (QED) is 0.850. The van der Waals surface area contributed by atoms with Crippen LogP contribution in [0.1, 0.15) is 35.1 Å². The highest BCUT2D eigenvalue weighted by Crippen LogP contribution is 2.43. The number of nitrogens with zero attached hydrogens (tertiary/aromatic N) is 2. The van der Waals surface area contributed by atoms with Crippen molar-refractivity contribution in [2.24, 2.45) is 11.0 Å². The second kappa shape index (κ2) is 4.90. The molecule has 0 radical (unpaired) electrons. The predicted molar refractivity (Wildman–Crippen MR) is 85.3 cm³/mol. The third kappa shape index (κ3) is 1.94. The van der Waals surface area contributed by atoms with Gasteiger partial charge in [-0.3, -0.25) is 5.01 Å². The smallest absolute Gasteiger partial charge is 0.128 e. The second-order valence-corrected chi connectivity index (χ2v) is 6.12. The summed E-state index contributed by atoms with van der Waals surface area (Å²) in [6, 6.07) is 10.6. The molecule has 114 valence electrons. The normalized spacial score (nSPS) is 23.0. The summed E-state index contributed by atoms with van der Waals surface area (Å²) >= 11 is 0. The van der Waals surface area contributed by atoms with Gasteiger partial charge in [0.15, 0.2) is 0 Å². The average Bonchev–Trinajstić information content (AvgIpc) is 3.08. The first-order chi connectivity index (χ1) is 10.7. The number of hydrogen-bond donors (Lipinski definition) is 0. The summed E-state index contributed by atoms with van der Waals surface area (Å²) in [6.45, 7) is 1.99. The number of hydrogen-bond acceptors (Lipinski definition) is 4. The van der Waals surface area contributed by atoms with Crippen LogP contribution in [0, 0.1) is 12.8 Å². The molecule has 2 aromatic rings. The van der Waals surface area contributed by atoms with Gasteiger partial charge in [0.05, 0.1) is 12.8 Å². The topological polar surface area (TPSA) is 38.0 Å². The van der Waals surface area contributed by atoms with Crippen LogP contribution in [-0.2, 0) is 6.42 Å². The Morgan fingerprint density at radius 3 is 2.86 bits per heavy atom.